The molecular weight excluding hydrogens is 264 g/mol. The molecule has 90 valence electrons. The van der Waals surface area contributed by atoms with Crippen molar-refractivity contribution in [3.05, 3.63) is 47.0 Å². The van der Waals surface area contributed by atoms with E-state index in [2.05, 4.69) is 30.1 Å². The third-order valence-electron chi connectivity index (χ3n) is 2.79. The maximum Gasteiger partial charge on any atom is 0.124 e. The van der Waals surface area contributed by atoms with Crippen molar-refractivity contribution in [1.29, 1.82) is 0 Å². The predicted molar refractivity (Wildman–Crippen MR) is 79.2 cm³/mol. The van der Waals surface area contributed by atoms with E-state index < -0.39 is 0 Å². The van der Waals surface area contributed by atoms with Gasteiger partial charge < -0.3 is 5.73 Å². The molecule has 2 nitrogen and oxygen atoms in total. The van der Waals surface area contributed by atoms with Crippen LogP contribution in [0.25, 0.3) is 20.8 Å². The van der Waals surface area contributed by atoms with Gasteiger partial charge in [-0.1, -0.05) is 23.7 Å². The summed E-state index contributed by atoms with van der Waals surface area (Å²) < 4.78 is 1.18. The lowest BCUT2D eigenvalue weighted by Gasteiger charge is -2.00. The zero-order chi connectivity index (χ0) is 12.7. The van der Waals surface area contributed by atoms with E-state index in [9.17, 15) is 0 Å². The van der Waals surface area contributed by atoms with Crippen LogP contribution in [0.3, 0.4) is 0 Å². The van der Waals surface area contributed by atoms with Crippen LogP contribution in [0.1, 0.15) is 5.56 Å². The Morgan fingerprint density at radius 3 is 2.78 bits per heavy atom. The molecule has 0 saturated carbocycles. The van der Waals surface area contributed by atoms with Gasteiger partial charge in [-0.25, -0.2) is 4.98 Å². The number of halogens is 1. The molecule has 0 aliphatic heterocycles. The van der Waals surface area contributed by atoms with Crippen molar-refractivity contribution in [3.63, 3.8) is 0 Å². The largest absolute Gasteiger partial charge is 0.398 e. The molecule has 0 saturated heterocycles. The minimum Gasteiger partial charge on any atom is -0.398 e. The highest BCUT2D eigenvalue weighted by molar-refractivity contribution is 7.21. The van der Waals surface area contributed by atoms with Gasteiger partial charge in [0.1, 0.15) is 5.01 Å². The van der Waals surface area contributed by atoms with E-state index in [-0.39, 0.29) is 0 Å². The van der Waals surface area contributed by atoms with Gasteiger partial charge in [0.05, 0.1) is 20.9 Å². The van der Waals surface area contributed by atoms with Gasteiger partial charge in [0, 0.05) is 5.56 Å². The number of benzene rings is 2. The Labute approximate surface area is 114 Å². The summed E-state index contributed by atoms with van der Waals surface area (Å²) >= 11 is 7.59. The number of fused-ring (bicyclic) bond motifs is 1. The van der Waals surface area contributed by atoms with Crippen molar-refractivity contribution in [2.45, 2.75) is 6.92 Å². The molecule has 0 aliphatic rings. The molecule has 2 aromatic carbocycles. The van der Waals surface area contributed by atoms with Crippen molar-refractivity contribution in [1.82, 2.24) is 4.98 Å². The van der Waals surface area contributed by atoms with E-state index in [1.807, 2.05) is 18.2 Å². The lowest BCUT2D eigenvalue weighted by Crippen LogP contribution is -1.86. The van der Waals surface area contributed by atoms with E-state index in [1.165, 1.54) is 10.3 Å². The third kappa shape index (κ3) is 1.96. The summed E-state index contributed by atoms with van der Waals surface area (Å²) in [4.78, 5) is 4.63. The number of aromatic nitrogens is 1. The molecule has 0 atom stereocenters. The molecule has 0 fully saturated rings. The Kier molecular flexibility index (Phi) is 2.73. The number of hydrogen-bond donors (Lipinski definition) is 1. The molecule has 3 aromatic rings. The average molecular weight is 275 g/mol. The topological polar surface area (TPSA) is 38.9 Å². The molecule has 0 amide bonds. The highest BCUT2D eigenvalue weighted by Crippen LogP contribution is 2.33. The standard InChI is InChI=1S/C14H11ClN2S/c1-8-2-5-13-12(6-8)17-14(18-13)9-3-4-10(15)11(16)7-9/h2-7H,16H2,1H3. The Morgan fingerprint density at radius 1 is 1.17 bits per heavy atom. The summed E-state index contributed by atoms with van der Waals surface area (Å²) in [5.74, 6) is 0. The van der Waals surface area contributed by atoms with Crippen LogP contribution in [0.4, 0.5) is 5.69 Å². The molecule has 1 heterocycles. The van der Waals surface area contributed by atoms with Crippen molar-refractivity contribution in [3.8, 4) is 10.6 Å². The van der Waals surface area contributed by atoms with Crippen LogP contribution in [-0.4, -0.2) is 4.98 Å². The normalized spacial score (nSPS) is 11.0. The molecule has 1 aromatic heterocycles. The Morgan fingerprint density at radius 2 is 2.00 bits per heavy atom. The molecular formula is C14H11ClN2S. The maximum atomic E-state index is 5.93. The van der Waals surface area contributed by atoms with E-state index in [1.54, 1.807) is 11.3 Å². The van der Waals surface area contributed by atoms with Gasteiger partial charge in [0.25, 0.3) is 0 Å². The lowest BCUT2D eigenvalue weighted by molar-refractivity contribution is 1.44. The fourth-order valence-electron chi connectivity index (χ4n) is 1.84. The van der Waals surface area contributed by atoms with Gasteiger partial charge in [0.15, 0.2) is 0 Å². The summed E-state index contributed by atoms with van der Waals surface area (Å²) in [5, 5.41) is 1.55. The molecule has 0 spiro atoms. The molecule has 0 unspecified atom stereocenters. The summed E-state index contributed by atoms with van der Waals surface area (Å²) in [6.07, 6.45) is 0. The van der Waals surface area contributed by atoms with Crippen LogP contribution in [0.2, 0.25) is 5.02 Å². The minimum atomic E-state index is 0.579. The number of aryl methyl sites for hydroxylation is 1. The Bertz CT molecular complexity index is 734. The van der Waals surface area contributed by atoms with Crippen LogP contribution in [0.5, 0.6) is 0 Å². The summed E-state index contributed by atoms with van der Waals surface area (Å²) in [6.45, 7) is 2.07. The molecule has 18 heavy (non-hydrogen) atoms. The van der Waals surface area contributed by atoms with Gasteiger partial charge in [-0.2, -0.15) is 0 Å². The van der Waals surface area contributed by atoms with Crippen LogP contribution >= 0.6 is 22.9 Å². The second kappa shape index (κ2) is 4.26. The summed E-state index contributed by atoms with van der Waals surface area (Å²) in [7, 11) is 0. The monoisotopic (exact) mass is 274 g/mol. The van der Waals surface area contributed by atoms with Crippen molar-refractivity contribution in [2.24, 2.45) is 0 Å². The maximum absolute atomic E-state index is 5.93. The number of hydrogen-bond acceptors (Lipinski definition) is 3. The Balaban J connectivity index is 2.16. The van der Waals surface area contributed by atoms with E-state index >= 15 is 0 Å². The number of nitrogen functional groups attached to an aromatic ring is 1. The first kappa shape index (κ1) is 11.5. The highest BCUT2D eigenvalue weighted by Gasteiger charge is 2.07. The van der Waals surface area contributed by atoms with Gasteiger partial charge in [-0.15, -0.1) is 11.3 Å². The number of rotatable bonds is 1. The first-order valence-corrected chi connectivity index (χ1v) is 6.75. The third-order valence-corrected chi connectivity index (χ3v) is 4.22. The smallest absolute Gasteiger partial charge is 0.124 e. The predicted octanol–water partition coefficient (Wildman–Crippen LogP) is 4.51. The first-order valence-electron chi connectivity index (χ1n) is 5.56. The van der Waals surface area contributed by atoms with Crippen molar-refractivity contribution in [2.75, 3.05) is 5.73 Å². The number of anilines is 1. The fourth-order valence-corrected chi connectivity index (χ4v) is 2.90. The Hall–Kier alpha value is -1.58. The molecule has 3 rings (SSSR count). The van der Waals surface area contributed by atoms with Crippen molar-refractivity contribution >= 4 is 38.8 Å². The van der Waals surface area contributed by atoms with Gasteiger partial charge >= 0.3 is 0 Å². The molecule has 0 radical (unpaired) electrons. The van der Waals surface area contributed by atoms with E-state index in [0.717, 1.165) is 16.1 Å². The zero-order valence-electron chi connectivity index (χ0n) is 9.77. The summed E-state index contributed by atoms with van der Waals surface area (Å²) in [5.41, 5.74) is 9.67. The van der Waals surface area contributed by atoms with Crippen molar-refractivity contribution < 1.29 is 0 Å². The second-order valence-corrected chi connectivity index (χ2v) is 5.66. The summed E-state index contributed by atoms with van der Waals surface area (Å²) in [6, 6.07) is 11.9. The van der Waals surface area contributed by atoms with Gasteiger partial charge in [0.2, 0.25) is 0 Å². The van der Waals surface area contributed by atoms with Crippen LogP contribution in [0.15, 0.2) is 36.4 Å². The van der Waals surface area contributed by atoms with Crippen LogP contribution in [0, 0.1) is 6.92 Å². The number of thiazole rings is 1. The molecule has 2 N–H and O–H groups in total. The first-order chi connectivity index (χ1) is 8.63. The minimum absolute atomic E-state index is 0.579. The fraction of sp³-hybridized carbons (Fsp3) is 0.0714. The second-order valence-electron chi connectivity index (χ2n) is 4.23. The van der Waals surface area contributed by atoms with E-state index in [4.69, 9.17) is 17.3 Å². The van der Waals surface area contributed by atoms with E-state index in [0.29, 0.717) is 10.7 Å². The lowest BCUT2D eigenvalue weighted by atomic mass is 10.2. The SMILES string of the molecule is Cc1ccc2sc(-c3ccc(Cl)c(N)c3)nc2c1. The quantitative estimate of drug-likeness (QED) is 0.663. The van der Waals surface area contributed by atoms with Gasteiger partial charge in [-0.3, -0.25) is 0 Å². The molecule has 0 bridgehead atoms. The number of nitrogens with two attached hydrogens (primary N) is 1. The average Bonchev–Trinajstić information content (AvgIpc) is 2.75. The van der Waals surface area contributed by atoms with Crippen LogP contribution in [-0.2, 0) is 0 Å². The highest BCUT2D eigenvalue weighted by atomic mass is 35.5. The molecule has 0 aliphatic carbocycles. The van der Waals surface area contributed by atoms with Crippen LogP contribution < -0.4 is 5.73 Å². The van der Waals surface area contributed by atoms with Gasteiger partial charge in [-0.05, 0) is 36.8 Å². The molecule has 4 heteroatoms. The number of nitrogens with zero attached hydrogens (tertiary/aromatic N) is 1. The zero-order valence-corrected chi connectivity index (χ0v) is 11.3.